The maximum atomic E-state index is 9.44. The van der Waals surface area contributed by atoms with Gasteiger partial charge in [0.25, 0.3) is 0 Å². The average molecular weight is 199 g/mol. The Morgan fingerprint density at radius 3 is 2.36 bits per heavy atom. The molecule has 78 valence electrons. The highest BCUT2D eigenvalue weighted by molar-refractivity contribution is 5.17. The molecule has 0 amide bonds. The second-order valence-corrected chi connectivity index (χ2v) is 2.94. The van der Waals surface area contributed by atoms with Crippen molar-refractivity contribution in [2.75, 3.05) is 6.61 Å². The summed E-state index contributed by atoms with van der Waals surface area (Å²) in [4.78, 5) is 3.83. The summed E-state index contributed by atoms with van der Waals surface area (Å²) in [6.45, 7) is -0.679. The van der Waals surface area contributed by atoms with E-state index in [0.717, 1.165) is 0 Å². The molecule has 4 N–H and O–H groups in total. The number of pyridine rings is 1. The lowest BCUT2D eigenvalue weighted by atomic mass is 10.1. The van der Waals surface area contributed by atoms with Crippen LogP contribution in [0.15, 0.2) is 18.3 Å². The van der Waals surface area contributed by atoms with Crippen LogP contribution in [0, 0.1) is 0 Å². The predicted molar refractivity (Wildman–Crippen MR) is 48.2 cm³/mol. The van der Waals surface area contributed by atoms with Gasteiger partial charge in [0.2, 0.25) is 0 Å². The molecule has 2 unspecified atom stereocenters. The third kappa shape index (κ3) is 2.49. The maximum Gasteiger partial charge on any atom is 0.109 e. The first-order valence-electron chi connectivity index (χ1n) is 4.21. The summed E-state index contributed by atoms with van der Waals surface area (Å²) in [7, 11) is 0. The van der Waals surface area contributed by atoms with Crippen molar-refractivity contribution in [3.63, 3.8) is 0 Å². The molecule has 1 aromatic rings. The van der Waals surface area contributed by atoms with Crippen molar-refractivity contribution in [2.24, 2.45) is 0 Å². The Bertz CT molecular complexity index is 275. The number of nitrogens with zero attached hydrogens (tertiary/aromatic N) is 1. The first-order valence-corrected chi connectivity index (χ1v) is 4.21. The van der Waals surface area contributed by atoms with Crippen molar-refractivity contribution < 1.29 is 20.4 Å². The zero-order valence-corrected chi connectivity index (χ0v) is 7.54. The summed E-state index contributed by atoms with van der Waals surface area (Å²) in [6.07, 6.45) is -1.01. The number of hydrogen-bond donors (Lipinski definition) is 4. The maximum absolute atomic E-state index is 9.44. The highest BCUT2D eigenvalue weighted by Gasteiger charge is 2.17. The Kier molecular flexibility index (Phi) is 3.97. The molecule has 14 heavy (non-hydrogen) atoms. The van der Waals surface area contributed by atoms with Crippen LogP contribution in [0.5, 0.6) is 0 Å². The van der Waals surface area contributed by atoms with Gasteiger partial charge in [-0.3, -0.25) is 4.98 Å². The van der Waals surface area contributed by atoms with Crippen LogP contribution in [0.4, 0.5) is 0 Å². The standard InChI is InChI=1S/C9H13NO4/c11-4-7-2-1-6(3-10-7)9(14)8(13)5-12/h1-3,8-9,11-14H,4-5H2. The molecule has 0 fully saturated rings. The Morgan fingerprint density at radius 2 is 1.93 bits per heavy atom. The van der Waals surface area contributed by atoms with Crippen molar-refractivity contribution in [1.82, 2.24) is 4.98 Å². The largest absolute Gasteiger partial charge is 0.394 e. The Morgan fingerprint density at radius 1 is 1.21 bits per heavy atom. The number of hydrogen-bond acceptors (Lipinski definition) is 5. The fourth-order valence-electron chi connectivity index (χ4n) is 1.03. The molecule has 5 heteroatoms. The third-order valence-corrected chi connectivity index (χ3v) is 1.90. The summed E-state index contributed by atoms with van der Waals surface area (Å²) in [5.74, 6) is 0. The predicted octanol–water partition coefficient (Wildman–Crippen LogP) is -1.04. The summed E-state index contributed by atoms with van der Waals surface area (Å²) in [6, 6.07) is 3.09. The minimum absolute atomic E-state index is 0.168. The van der Waals surface area contributed by atoms with E-state index in [2.05, 4.69) is 4.98 Å². The summed E-state index contributed by atoms with van der Waals surface area (Å²) in [5, 5.41) is 35.9. The van der Waals surface area contributed by atoms with E-state index in [9.17, 15) is 5.11 Å². The van der Waals surface area contributed by atoms with Crippen LogP contribution in [0.3, 0.4) is 0 Å². The van der Waals surface area contributed by atoms with Gasteiger partial charge in [-0.2, -0.15) is 0 Å². The van der Waals surface area contributed by atoms with E-state index in [-0.39, 0.29) is 6.61 Å². The first kappa shape index (κ1) is 11.1. The summed E-state index contributed by atoms with van der Waals surface area (Å²) < 4.78 is 0. The van der Waals surface area contributed by atoms with Crippen molar-refractivity contribution in [3.05, 3.63) is 29.6 Å². The van der Waals surface area contributed by atoms with Gasteiger partial charge in [-0.05, 0) is 6.07 Å². The van der Waals surface area contributed by atoms with Crippen molar-refractivity contribution in [1.29, 1.82) is 0 Å². The molecule has 0 bridgehead atoms. The minimum atomic E-state index is -1.21. The molecule has 0 aliphatic carbocycles. The Labute approximate surface area is 81.3 Å². The fourth-order valence-corrected chi connectivity index (χ4v) is 1.03. The van der Waals surface area contributed by atoms with E-state index in [0.29, 0.717) is 11.3 Å². The van der Waals surface area contributed by atoms with Crippen molar-refractivity contribution in [2.45, 2.75) is 18.8 Å². The van der Waals surface area contributed by atoms with Crippen LogP contribution in [-0.2, 0) is 6.61 Å². The molecule has 0 saturated heterocycles. The lowest BCUT2D eigenvalue weighted by Gasteiger charge is -2.15. The summed E-state index contributed by atoms with van der Waals surface area (Å²) in [5.41, 5.74) is 0.892. The van der Waals surface area contributed by atoms with Gasteiger partial charge in [-0.25, -0.2) is 0 Å². The van der Waals surface area contributed by atoms with Crippen molar-refractivity contribution >= 4 is 0 Å². The molecule has 0 aromatic carbocycles. The molecule has 0 aliphatic heterocycles. The second-order valence-electron chi connectivity index (χ2n) is 2.94. The quantitative estimate of drug-likeness (QED) is 0.497. The molecule has 1 rings (SSSR count). The van der Waals surface area contributed by atoms with Gasteiger partial charge < -0.3 is 20.4 Å². The lowest BCUT2D eigenvalue weighted by Crippen LogP contribution is -2.22. The van der Waals surface area contributed by atoms with Crippen LogP contribution >= 0.6 is 0 Å². The number of aliphatic hydroxyl groups is 4. The number of aliphatic hydroxyl groups excluding tert-OH is 4. The molecule has 0 aliphatic rings. The smallest absolute Gasteiger partial charge is 0.109 e. The normalized spacial score (nSPS) is 15.1. The molecular weight excluding hydrogens is 186 g/mol. The van der Waals surface area contributed by atoms with Crippen LogP contribution in [0.2, 0.25) is 0 Å². The Balaban J connectivity index is 2.75. The van der Waals surface area contributed by atoms with Gasteiger partial charge in [0.15, 0.2) is 0 Å². The van der Waals surface area contributed by atoms with Gasteiger partial charge in [0.05, 0.1) is 18.9 Å². The molecular formula is C9H13NO4. The van der Waals surface area contributed by atoms with E-state index in [1.54, 1.807) is 12.1 Å². The third-order valence-electron chi connectivity index (χ3n) is 1.90. The molecule has 0 spiro atoms. The molecule has 0 radical (unpaired) electrons. The molecule has 2 atom stereocenters. The highest BCUT2D eigenvalue weighted by atomic mass is 16.4. The summed E-state index contributed by atoms with van der Waals surface area (Å²) >= 11 is 0. The number of aromatic nitrogens is 1. The zero-order chi connectivity index (χ0) is 10.6. The molecule has 1 aromatic heterocycles. The van der Waals surface area contributed by atoms with Gasteiger partial charge >= 0.3 is 0 Å². The molecule has 5 nitrogen and oxygen atoms in total. The van der Waals surface area contributed by atoms with E-state index in [4.69, 9.17) is 15.3 Å². The van der Waals surface area contributed by atoms with E-state index >= 15 is 0 Å². The van der Waals surface area contributed by atoms with Crippen molar-refractivity contribution in [3.8, 4) is 0 Å². The van der Waals surface area contributed by atoms with Crippen LogP contribution in [-0.4, -0.2) is 38.1 Å². The fraction of sp³-hybridized carbons (Fsp3) is 0.444. The van der Waals surface area contributed by atoms with E-state index in [1.165, 1.54) is 6.20 Å². The van der Waals surface area contributed by atoms with E-state index in [1.807, 2.05) is 0 Å². The number of rotatable bonds is 4. The molecule has 0 saturated carbocycles. The van der Waals surface area contributed by atoms with Gasteiger partial charge in [0.1, 0.15) is 12.2 Å². The lowest BCUT2D eigenvalue weighted by molar-refractivity contribution is -0.0154. The molecule has 1 heterocycles. The second kappa shape index (κ2) is 5.02. The van der Waals surface area contributed by atoms with Crippen LogP contribution in [0.25, 0.3) is 0 Å². The SMILES string of the molecule is OCc1ccc(C(O)C(O)CO)cn1. The highest BCUT2D eigenvalue weighted by Crippen LogP contribution is 2.15. The van der Waals surface area contributed by atoms with Gasteiger partial charge in [-0.1, -0.05) is 6.07 Å². The van der Waals surface area contributed by atoms with Crippen LogP contribution in [0.1, 0.15) is 17.4 Å². The first-order chi connectivity index (χ1) is 6.69. The zero-order valence-electron chi connectivity index (χ0n) is 7.54. The van der Waals surface area contributed by atoms with E-state index < -0.39 is 18.8 Å². The monoisotopic (exact) mass is 199 g/mol. The van der Waals surface area contributed by atoms with Gasteiger partial charge in [-0.15, -0.1) is 0 Å². The van der Waals surface area contributed by atoms with Crippen LogP contribution < -0.4 is 0 Å². The Hall–Kier alpha value is -1.01. The topological polar surface area (TPSA) is 93.8 Å². The van der Waals surface area contributed by atoms with Gasteiger partial charge in [0, 0.05) is 11.8 Å². The average Bonchev–Trinajstić information content (AvgIpc) is 2.27. The minimum Gasteiger partial charge on any atom is -0.394 e.